The van der Waals surface area contributed by atoms with E-state index in [4.69, 9.17) is 4.98 Å². The Kier molecular flexibility index (Phi) is 5.08. The minimum absolute atomic E-state index is 0.0977. The highest BCUT2D eigenvalue weighted by molar-refractivity contribution is 7.99. The molecule has 1 fully saturated rings. The average Bonchev–Trinajstić information content (AvgIpc) is 3.31. The van der Waals surface area contributed by atoms with Crippen LogP contribution in [-0.4, -0.2) is 31.2 Å². The van der Waals surface area contributed by atoms with E-state index < -0.39 is 0 Å². The number of carbonyl (C=O) groups is 1. The van der Waals surface area contributed by atoms with E-state index in [-0.39, 0.29) is 17.3 Å². The third-order valence-corrected chi connectivity index (χ3v) is 6.59. The van der Waals surface area contributed by atoms with Gasteiger partial charge in [0.1, 0.15) is 0 Å². The number of para-hydroxylation sites is 2. The molecule has 1 saturated carbocycles. The number of nitrogens with one attached hydrogen (secondary N) is 3. The molecule has 8 heteroatoms. The third kappa shape index (κ3) is 3.75. The molecule has 0 atom stereocenters. The van der Waals surface area contributed by atoms with Crippen LogP contribution >= 0.6 is 11.8 Å². The van der Waals surface area contributed by atoms with Crippen LogP contribution in [0.5, 0.6) is 0 Å². The van der Waals surface area contributed by atoms with Crippen molar-refractivity contribution in [3.05, 3.63) is 52.9 Å². The van der Waals surface area contributed by atoms with Gasteiger partial charge in [0.15, 0.2) is 5.16 Å². The topological polar surface area (TPSA) is 95.6 Å². The van der Waals surface area contributed by atoms with Crippen LogP contribution in [0.4, 0.5) is 5.69 Å². The fraction of sp³-hybridized carbons (Fsp3) is 0.318. The molecule has 2 aromatic carbocycles. The first-order chi connectivity index (χ1) is 14.7. The van der Waals surface area contributed by atoms with Crippen LogP contribution in [-0.2, 0) is 4.79 Å². The van der Waals surface area contributed by atoms with Gasteiger partial charge in [0.25, 0.3) is 0 Å². The van der Waals surface area contributed by atoms with Crippen molar-refractivity contribution in [3.63, 3.8) is 0 Å². The molecule has 7 nitrogen and oxygen atoms in total. The number of carbonyl (C=O) groups excluding carboxylic acids is 1. The van der Waals surface area contributed by atoms with E-state index in [1.807, 2.05) is 18.2 Å². The normalized spacial score (nSPS) is 15.1. The predicted molar refractivity (Wildman–Crippen MR) is 120 cm³/mol. The van der Waals surface area contributed by atoms with Crippen LogP contribution in [0.2, 0.25) is 0 Å². The molecule has 30 heavy (non-hydrogen) atoms. The van der Waals surface area contributed by atoms with Gasteiger partial charge in [0.05, 0.1) is 27.8 Å². The summed E-state index contributed by atoms with van der Waals surface area (Å²) in [5.41, 5.74) is 3.91. The number of fused-ring (bicyclic) bond motifs is 2. The van der Waals surface area contributed by atoms with Crippen LogP contribution in [0.15, 0.2) is 52.4 Å². The monoisotopic (exact) mass is 421 g/mol. The number of hydrogen-bond acceptors (Lipinski definition) is 4. The number of aromatic amines is 2. The van der Waals surface area contributed by atoms with Gasteiger partial charge in [-0.05, 0) is 43.2 Å². The van der Waals surface area contributed by atoms with Crippen LogP contribution in [0, 0.1) is 0 Å². The van der Waals surface area contributed by atoms with Gasteiger partial charge in [0, 0.05) is 11.7 Å². The number of rotatable bonds is 5. The maximum Gasteiger partial charge on any atom is 0.323 e. The summed E-state index contributed by atoms with van der Waals surface area (Å²) in [4.78, 5) is 34.2. The molecule has 4 aromatic rings. The standard InChI is InChI=1S/C22H23N5O2S/c28-20(23-14-10-11-16-18(12-14)25-21(29)24-16)13-30-22-26-17-8-4-5-9-19(17)27(22)15-6-2-1-3-7-15/h4-5,8-12,15H,1-3,6-7,13H2,(H,23,28)(H2,24,25,29). The highest BCUT2D eigenvalue weighted by Crippen LogP contribution is 2.35. The number of H-pyrrole nitrogens is 2. The summed E-state index contributed by atoms with van der Waals surface area (Å²) in [6, 6.07) is 14.0. The van der Waals surface area contributed by atoms with Crippen molar-refractivity contribution >= 4 is 45.4 Å². The second kappa shape index (κ2) is 8.02. The summed E-state index contributed by atoms with van der Waals surface area (Å²) in [5, 5.41) is 3.82. The maximum atomic E-state index is 12.6. The zero-order valence-electron chi connectivity index (χ0n) is 16.5. The zero-order chi connectivity index (χ0) is 20.5. The predicted octanol–water partition coefficient (Wildman–Crippen LogP) is 4.44. The summed E-state index contributed by atoms with van der Waals surface area (Å²) in [5.74, 6) is 0.178. The van der Waals surface area contributed by atoms with Crippen molar-refractivity contribution in [2.75, 3.05) is 11.1 Å². The van der Waals surface area contributed by atoms with Crippen molar-refractivity contribution in [3.8, 4) is 0 Å². The Hall–Kier alpha value is -3.00. The fourth-order valence-electron chi connectivity index (χ4n) is 4.25. The maximum absolute atomic E-state index is 12.6. The van der Waals surface area contributed by atoms with Crippen LogP contribution < -0.4 is 11.0 Å². The molecule has 1 aliphatic carbocycles. The van der Waals surface area contributed by atoms with E-state index >= 15 is 0 Å². The molecule has 0 spiro atoms. The Morgan fingerprint density at radius 3 is 2.77 bits per heavy atom. The van der Waals surface area contributed by atoms with Crippen LogP contribution in [0.25, 0.3) is 22.1 Å². The van der Waals surface area contributed by atoms with Gasteiger partial charge < -0.3 is 19.9 Å². The number of hydrogen-bond donors (Lipinski definition) is 3. The summed E-state index contributed by atoms with van der Waals surface area (Å²) in [6.45, 7) is 0. The van der Waals surface area contributed by atoms with Gasteiger partial charge in [-0.2, -0.15) is 0 Å². The number of thioether (sulfide) groups is 1. The second-order valence-electron chi connectivity index (χ2n) is 7.72. The molecule has 0 unspecified atom stereocenters. The summed E-state index contributed by atoms with van der Waals surface area (Å²) >= 11 is 1.48. The summed E-state index contributed by atoms with van der Waals surface area (Å²) < 4.78 is 2.34. The first kappa shape index (κ1) is 19.0. The van der Waals surface area contributed by atoms with Crippen molar-refractivity contribution in [2.24, 2.45) is 0 Å². The second-order valence-corrected chi connectivity index (χ2v) is 8.66. The molecule has 5 rings (SSSR count). The number of benzene rings is 2. The Morgan fingerprint density at radius 1 is 1.10 bits per heavy atom. The van der Waals surface area contributed by atoms with Gasteiger partial charge >= 0.3 is 5.69 Å². The first-order valence-corrected chi connectivity index (χ1v) is 11.3. The number of nitrogens with zero attached hydrogens (tertiary/aromatic N) is 2. The van der Waals surface area contributed by atoms with Crippen molar-refractivity contribution < 1.29 is 4.79 Å². The van der Waals surface area contributed by atoms with Gasteiger partial charge in [0.2, 0.25) is 5.91 Å². The van der Waals surface area contributed by atoms with E-state index in [1.54, 1.807) is 18.2 Å². The van der Waals surface area contributed by atoms with E-state index in [9.17, 15) is 9.59 Å². The molecule has 0 radical (unpaired) electrons. The summed E-state index contributed by atoms with van der Waals surface area (Å²) in [6.07, 6.45) is 6.10. The van der Waals surface area contributed by atoms with Crippen molar-refractivity contribution in [1.29, 1.82) is 0 Å². The van der Waals surface area contributed by atoms with Crippen LogP contribution in [0.1, 0.15) is 38.1 Å². The first-order valence-electron chi connectivity index (χ1n) is 10.3. The Labute approximate surface area is 177 Å². The lowest BCUT2D eigenvalue weighted by Crippen LogP contribution is -2.16. The number of imidazole rings is 2. The molecule has 2 aromatic heterocycles. The molecule has 3 N–H and O–H groups in total. The van der Waals surface area contributed by atoms with Crippen molar-refractivity contribution in [2.45, 2.75) is 43.3 Å². The van der Waals surface area contributed by atoms with Gasteiger partial charge in [-0.3, -0.25) is 4.79 Å². The Morgan fingerprint density at radius 2 is 1.90 bits per heavy atom. The molecule has 1 amide bonds. The molecular weight excluding hydrogens is 398 g/mol. The quantitative estimate of drug-likeness (QED) is 0.415. The van der Waals surface area contributed by atoms with Crippen molar-refractivity contribution in [1.82, 2.24) is 19.5 Å². The third-order valence-electron chi connectivity index (χ3n) is 5.64. The van der Waals surface area contributed by atoms with Gasteiger partial charge in [-0.15, -0.1) is 0 Å². The lowest BCUT2D eigenvalue weighted by Gasteiger charge is -2.25. The lowest BCUT2D eigenvalue weighted by atomic mass is 9.95. The highest BCUT2D eigenvalue weighted by atomic mass is 32.2. The molecule has 0 saturated heterocycles. The average molecular weight is 422 g/mol. The Bertz CT molecular complexity index is 1270. The Balaban J connectivity index is 1.33. The highest BCUT2D eigenvalue weighted by Gasteiger charge is 2.22. The SMILES string of the molecule is O=C(CSc1nc2ccccc2n1C1CCCCC1)Nc1ccc2[nH]c(=O)[nH]c2c1. The fourth-order valence-corrected chi connectivity index (χ4v) is 5.14. The molecule has 0 aliphatic heterocycles. The number of aromatic nitrogens is 4. The smallest absolute Gasteiger partial charge is 0.323 e. The molecular formula is C22H23N5O2S. The summed E-state index contributed by atoms with van der Waals surface area (Å²) in [7, 11) is 0. The molecule has 154 valence electrons. The molecule has 1 aliphatic rings. The largest absolute Gasteiger partial charge is 0.325 e. The van der Waals surface area contributed by atoms with Gasteiger partial charge in [-0.1, -0.05) is 43.2 Å². The van der Waals surface area contributed by atoms with Crippen LogP contribution in [0.3, 0.4) is 0 Å². The zero-order valence-corrected chi connectivity index (χ0v) is 17.3. The van der Waals surface area contributed by atoms with E-state index in [0.29, 0.717) is 22.8 Å². The number of amides is 1. The van der Waals surface area contributed by atoms with Gasteiger partial charge in [-0.25, -0.2) is 9.78 Å². The number of anilines is 1. The van der Waals surface area contributed by atoms with E-state index in [2.05, 4.69) is 25.9 Å². The molecule has 0 bridgehead atoms. The minimum atomic E-state index is -0.259. The van der Waals surface area contributed by atoms with E-state index in [0.717, 1.165) is 29.0 Å². The van der Waals surface area contributed by atoms with E-state index in [1.165, 1.54) is 31.0 Å². The molecule has 2 heterocycles. The lowest BCUT2D eigenvalue weighted by molar-refractivity contribution is -0.113. The minimum Gasteiger partial charge on any atom is -0.325 e.